The summed E-state index contributed by atoms with van der Waals surface area (Å²) in [6.45, 7) is 1.70. The number of hydrogen-bond acceptors (Lipinski definition) is 8. The summed E-state index contributed by atoms with van der Waals surface area (Å²) >= 11 is 0.750. The number of rotatable bonds is 5. The summed E-state index contributed by atoms with van der Waals surface area (Å²) < 4.78 is 50.8. The number of aromatic nitrogens is 1. The van der Waals surface area contributed by atoms with E-state index in [1.165, 1.54) is 12.5 Å². The Labute approximate surface area is 162 Å². The van der Waals surface area contributed by atoms with Gasteiger partial charge in [-0.05, 0) is 36.8 Å². The van der Waals surface area contributed by atoms with Crippen LogP contribution in [-0.4, -0.2) is 47.4 Å². The molecule has 0 unspecified atom stereocenters. The summed E-state index contributed by atoms with van der Waals surface area (Å²) in [6.07, 6.45) is -5.81. The number of esters is 1. The van der Waals surface area contributed by atoms with E-state index in [1.807, 2.05) is 0 Å². The molecule has 0 aliphatic carbocycles. The number of carbonyl (C=O) groups excluding carboxylic acids is 1. The lowest BCUT2D eigenvalue weighted by molar-refractivity contribution is -0.254. The van der Waals surface area contributed by atoms with E-state index >= 15 is 0 Å². The summed E-state index contributed by atoms with van der Waals surface area (Å²) in [6, 6.07) is 6.25. The molecule has 0 saturated carbocycles. The minimum absolute atomic E-state index is 0.0235. The van der Waals surface area contributed by atoms with Crippen molar-refractivity contribution >= 4 is 28.1 Å². The third kappa shape index (κ3) is 3.54. The van der Waals surface area contributed by atoms with Gasteiger partial charge in [0.15, 0.2) is 5.69 Å². The topological polar surface area (TPSA) is 84.2 Å². The van der Waals surface area contributed by atoms with E-state index < -0.39 is 24.3 Å². The first kappa shape index (κ1) is 20.1. The SMILES string of the molecule is CCOC(=O)c1csc(N2N=C(c3ccc(OC)cc3)C[C@@]2(O)C(F)(F)F)n1. The van der Waals surface area contributed by atoms with E-state index in [1.54, 1.807) is 31.2 Å². The van der Waals surface area contributed by atoms with Crippen molar-refractivity contribution in [3.8, 4) is 5.75 Å². The Kier molecular flexibility index (Phi) is 5.31. The van der Waals surface area contributed by atoms with E-state index in [-0.39, 0.29) is 23.1 Å². The molecule has 1 atom stereocenters. The normalized spacial score (nSPS) is 19.5. The molecule has 1 N–H and O–H groups in total. The zero-order valence-corrected chi connectivity index (χ0v) is 15.7. The van der Waals surface area contributed by atoms with Crippen LogP contribution in [0.2, 0.25) is 0 Å². The number of hydrogen-bond donors (Lipinski definition) is 1. The second kappa shape index (κ2) is 7.40. The Morgan fingerprint density at radius 1 is 1.36 bits per heavy atom. The molecule has 11 heteroatoms. The molecule has 1 aromatic carbocycles. The summed E-state index contributed by atoms with van der Waals surface area (Å²) in [5, 5.41) is 15.8. The number of thiazole rings is 1. The molecule has 2 heterocycles. The molecule has 0 saturated heterocycles. The van der Waals surface area contributed by atoms with Gasteiger partial charge in [-0.25, -0.2) is 9.78 Å². The van der Waals surface area contributed by atoms with Crippen LogP contribution < -0.4 is 9.75 Å². The molecule has 150 valence electrons. The first-order valence-electron chi connectivity index (χ1n) is 8.13. The number of carbonyl (C=O) groups is 1. The summed E-state index contributed by atoms with van der Waals surface area (Å²) in [4.78, 5) is 15.6. The van der Waals surface area contributed by atoms with Gasteiger partial charge in [-0.2, -0.15) is 23.3 Å². The van der Waals surface area contributed by atoms with E-state index in [0.29, 0.717) is 16.3 Å². The maximum absolute atomic E-state index is 13.7. The zero-order valence-electron chi connectivity index (χ0n) is 14.9. The van der Waals surface area contributed by atoms with E-state index in [4.69, 9.17) is 9.47 Å². The molecule has 1 aliphatic rings. The molecule has 3 rings (SSSR count). The van der Waals surface area contributed by atoms with Gasteiger partial charge in [-0.3, -0.25) is 0 Å². The molecule has 0 radical (unpaired) electrons. The van der Waals surface area contributed by atoms with E-state index in [9.17, 15) is 23.1 Å². The highest BCUT2D eigenvalue weighted by Crippen LogP contribution is 2.44. The van der Waals surface area contributed by atoms with Gasteiger partial charge in [0, 0.05) is 5.38 Å². The first-order valence-corrected chi connectivity index (χ1v) is 9.01. The monoisotopic (exact) mass is 415 g/mol. The third-order valence-corrected chi connectivity index (χ3v) is 4.84. The van der Waals surface area contributed by atoms with Gasteiger partial charge in [0.25, 0.3) is 5.72 Å². The summed E-state index contributed by atoms with van der Waals surface area (Å²) in [5.41, 5.74) is -3.02. The van der Waals surface area contributed by atoms with Gasteiger partial charge in [-0.15, -0.1) is 11.3 Å². The Morgan fingerprint density at radius 2 is 2.04 bits per heavy atom. The predicted octanol–water partition coefficient (Wildman–Crippen LogP) is 3.19. The largest absolute Gasteiger partial charge is 0.497 e. The molecule has 1 aliphatic heterocycles. The molecule has 0 spiro atoms. The van der Waals surface area contributed by atoms with Crippen LogP contribution >= 0.6 is 11.3 Å². The third-order valence-electron chi connectivity index (χ3n) is 4.02. The maximum Gasteiger partial charge on any atom is 0.438 e. The van der Waals surface area contributed by atoms with Crippen molar-refractivity contribution in [3.05, 3.63) is 40.9 Å². The lowest BCUT2D eigenvalue weighted by Gasteiger charge is -2.32. The van der Waals surface area contributed by atoms with Crippen molar-refractivity contribution in [1.29, 1.82) is 0 Å². The van der Waals surface area contributed by atoms with Crippen LogP contribution in [0.3, 0.4) is 0 Å². The average molecular weight is 415 g/mol. The second-order valence-electron chi connectivity index (χ2n) is 5.81. The van der Waals surface area contributed by atoms with Crippen molar-refractivity contribution in [2.45, 2.75) is 25.2 Å². The van der Waals surface area contributed by atoms with Crippen LogP contribution in [0.15, 0.2) is 34.7 Å². The van der Waals surface area contributed by atoms with Crippen LogP contribution in [0, 0.1) is 0 Å². The van der Waals surface area contributed by atoms with Crippen molar-refractivity contribution in [2.75, 3.05) is 18.7 Å². The highest BCUT2D eigenvalue weighted by atomic mass is 32.1. The lowest BCUT2D eigenvalue weighted by Crippen LogP contribution is -2.55. The predicted molar refractivity (Wildman–Crippen MR) is 95.7 cm³/mol. The molecule has 0 bridgehead atoms. The van der Waals surface area contributed by atoms with Crippen LogP contribution in [0.25, 0.3) is 0 Å². The number of hydrazone groups is 1. The Hall–Kier alpha value is -2.66. The minimum atomic E-state index is -5.01. The van der Waals surface area contributed by atoms with E-state index in [2.05, 4.69) is 10.1 Å². The molecule has 7 nitrogen and oxygen atoms in total. The minimum Gasteiger partial charge on any atom is -0.497 e. The number of methoxy groups -OCH3 is 1. The van der Waals surface area contributed by atoms with Gasteiger partial charge in [0.05, 0.1) is 25.8 Å². The first-order chi connectivity index (χ1) is 13.2. The van der Waals surface area contributed by atoms with Gasteiger partial charge < -0.3 is 14.6 Å². The van der Waals surface area contributed by atoms with Crippen molar-refractivity contribution < 1.29 is 32.5 Å². The molecule has 1 aromatic heterocycles. The van der Waals surface area contributed by atoms with Gasteiger partial charge in [-0.1, -0.05) is 0 Å². The fraction of sp³-hybridized carbons (Fsp3) is 0.353. The van der Waals surface area contributed by atoms with Gasteiger partial charge in [0.2, 0.25) is 5.13 Å². The quantitative estimate of drug-likeness (QED) is 0.755. The number of aliphatic hydroxyl groups is 1. The standard InChI is InChI=1S/C17H16F3N3O4S/c1-3-27-14(24)13-9-28-15(21-13)23-16(25,17(18,19)20)8-12(22-23)10-4-6-11(26-2)7-5-10/h4-7,9,25H,3,8H2,1-2H3/t16-/m1/s1. The smallest absolute Gasteiger partial charge is 0.438 e. The summed E-state index contributed by atoms with van der Waals surface area (Å²) in [5.74, 6) is -0.233. The fourth-order valence-corrected chi connectivity index (χ4v) is 3.38. The molecule has 2 aromatic rings. The summed E-state index contributed by atoms with van der Waals surface area (Å²) in [7, 11) is 1.47. The maximum atomic E-state index is 13.7. The van der Waals surface area contributed by atoms with Crippen molar-refractivity contribution in [1.82, 2.24) is 4.98 Å². The van der Waals surface area contributed by atoms with E-state index in [0.717, 1.165) is 11.3 Å². The van der Waals surface area contributed by atoms with Crippen LogP contribution in [-0.2, 0) is 4.74 Å². The highest BCUT2D eigenvalue weighted by Gasteiger charge is 2.62. The van der Waals surface area contributed by atoms with Crippen LogP contribution in [0.5, 0.6) is 5.75 Å². The Bertz CT molecular complexity index is 898. The second-order valence-corrected chi connectivity index (χ2v) is 6.65. The molecule has 0 amide bonds. The number of halogens is 3. The van der Waals surface area contributed by atoms with Crippen LogP contribution in [0.4, 0.5) is 18.3 Å². The Balaban J connectivity index is 1.99. The zero-order chi connectivity index (χ0) is 20.5. The number of anilines is 1. The van der Waals surface area contributed by atoms with Gasteiger partial charge >= 0.3 is 12.1 Å². The molecular weight excluding hydrogens is 399 g/mol. The number of nitrogens with zero attached hydrogens (tertiary/aromatic N) is 3. The number of alkyl halides is 3. The number of ether oxygens (including phenoxy) is 2. The van der Waals surface area contributed by atoms with Crippen LogP contribution in [0.1, 0.15) is 29.4 Å². The van der Waals surface area contributed by atoms with Crippen molar-refractivity contribution in [2.24, 2.45) is 5.10 Å². The Morgan fingerprint density at radius 3 is 2.61 bits per heavy atom. The fourth-order valence-electron chi connectivity index (χ4n) is 2.57. The molecule has 0 fully saturated rings. The van der Waals surface area contributed by atoms with Crippen molar-refractivity contribution in [3.63, 3.8) is 0 Å². The highest BCUT2D eigenvalue weighted by molar-refractivity contribution is 7.14. The lowest BCUT2D eigenvalue weighted by atomic mass is 10.0. The average Bonchev–Trinajstić information content (AvgIpc) is 3.27. The van der Waals surface area contributed by atoms with Gasteiger partial charge in [0.1, 0.15) is 5.75 Å². The molecule has 28 heavy (non-hydrogen) atoms. The molecular formula is C17H16F3N3O4S. The number of benzene rings is 1.